The average molecular weight is 270 g/mol. The second-order valence-corrected chi connectivity index (χ2v) is 4.17. The first-order valence-electron chi connectivity index (χ1n) is 6.14. The van der Waals surface area contributed by atoms with Gasteiger partial charge in [-0.15, -0.1) is 0 Å². The quantitative estimate of drug-likeness (QED) is 0.689. The summed E-state index contributed by atoms with van der Waals surface area (Å²) < 4.78 is 0. The Kier molecular flexibility index (Phi) is 6.54. The number of hydrogen-bond acceptors (Lipinski definition) is 3. The molecule has 2 aromatic rings. The molecule has 0 atom stereocenters. The van der Waals surface area contributed by atoms with E-state index in [1.54, 1.807) is 35.3 Å². The van der Waals surface area contributed by atoms with Crippen LogP contribution in [0.4, 0.5) is 0 Å². The van der Waals surface area contributed by atoms with Gasteiger partial charge in [0, 0.05) is 14.1 Å². The van der Waals surface area contributed by atoms with Crippen molar-refractivity contribution < 1.29 is 9.90 Å². The number of aromatic carboxylic acids is 1. The standard InChI is InChI=1S/C9H12N2.C7H6O2/c1-11(2)10-8-9-6-4-3-5-7-9;8-7(9)6-4-2-1-3-5-6/h3-8H,1-2H3;1-5H,(H,8,9)/b10-8+;. The van der Waals surface area contributed by atoms with Crippen LogP contribution in [-0.2, 0) is 0 Å². The van der Waals surface area contributed by atoms with E-state index >= 15 is 0 Å². The van der Waals surface area contributed by atoms with Crippen molar-refractivity contribution in [2.45, 2.75) is 0 Å². The van der Waals surface area contributed by atoms with Crippen LogP contribution in [-0.4, -0.2) is 36.4 Å². The molecule has 0 aliphatic heterocycles. The van der Waals surface area contributed by atoms with Crippen LogP contribution in [0.5, 0.6) is 0 Å². The van der Waals surface area contributed by atoms with E-state index < -0.39 is 5.97 Å². The Hall–Kier alpha value is -2.62. The van der Waals surface area contributed by atoms with E-state index in [9.17, 15) is 4.79 Å². The molecule has 0 amide bonds. The van der Waals surface area contributed by atoms with Gasteiger partial charge in [-0.05, 0) is 17.7 Å². The number of carboxylic acid groups (broad SMARTS) is 1. The number of hydrazone groups is 1. The highest BCUT2D eigenvalue weighted by atomic mass is 16.4. The maximum atomic E-state index is 10.2. The Morgan fingerprint density at radius 2 is 1.50 bits per heavy atom. The van der Waals surface area contributed by atoms with Crippen molar-refractivity contribution in [3.05, 3.63) is 71.8 Å². The zero-order valence-electron chi connectivity index (χ0n) is 11.6. The highest BCUT2D eigenvalue weighted by Crippen LogP contribution is 1.96. The number of carbonyl (C=O) groups is 1. The van der Waals surface area contributed by atoms with Crippen LogP contribution >= 0.6 is 0 Å². The van der Waals surface area contributed by atoms with Crippen molar-refractivity contribution in [2.24, 2.45) is 5.10 Å². The van der Waals surface area contributed by atoms with Gasteiger partial charge in [0.15, 0.2) is 0 Å². The fourth-order valence-electron chi connectivity index (χ4n) is 1.30. The van der Waals surface area contributed by atoms with Gasteiger partial charge >= 0.3 is 5.97 Å². The van der Waals surface area contributed by atoms with Crippen molar-refractivity contribution in [1.82, 2.24) is 5.01 Å². The number of hydrogen-bond donors (Lipinski definition) is 1. The van der Waals surface area contributed by atoms with E-state index in [1.165, 1.54) is 0 Å². The Labute approximate surface area is 119 Å². The monoisotopic (exact) mass is 270 g/mol. The molecule has 0 aliphatic carbocycles. The molecular weight excluding hydrogens is 252 g/mol. The zero-order chi connectivity index (χ0) is 14.8. The summed E-state index contributed by atoms with van der Waals surface area (Å²) in [5.74, 6) is -0.879. The fraction of sp³-hybridized carbons (Fsp3) is 0.125. The summed E-state index contributed by atoms with van der Waals surface area (Å²) in [5.41, 5.74) is 1.46. The predicted octanol–water partition coefficient (Wildman–Crippen LogP) is 2.97. The normalized spacial score (nSPS) is 9.70. The highest BCUT2D eigenvalue weighted by Gasteiger charge is 1.96. The first-order valence-corrected chi connectivity index (χ1v) is 6.14. The SMILES string of the molecule is CN(C)/N=C/c1ccccc1.O=C(O)c1ccccc1. The minimum Gasteiger partial charge on any atom is -0.478 e. The molecule has 0 aliphatic rings. The molecule has 4 heteroatoms. The van der Waals surface area contributed by atoms with Crippen molar-refractivity contribution in [1.29, 1.82) is 0 Å². The number of carboxylic acids is 1. The highest BCUT2D eigenvalue weighted by molar-refractivity contribution is 5.87. The Morgan fingerprint density at radius 1 is 1.00 bits per heavy atom. The largest absolute Gasteiger partial charge is 0.478 e. The maximum absolute atomic E-state index is 10.2. The Balaban J connectivity index is 0.000000204. The molecule has 0 heterocycles. The van der Waals surface area contributed by atoms with Crippen LogP contribution in [0.15, 0.2) is 65.8 Å². The first kappa shape index (κ1) is 15.4. The molecule has 0 unspecified atom stereocenters. The van der Waals surface area contributed by atoms with Gasteiger partial charge in [-0.25, -0.2) is 4.79 Å². The lowest BCUT2D eigenvalue weighted by Gasteiger charge is -2.01. The van der Waals surface area contributed by atoms with Crippen LogP contribution < -0.4 is 0 Å². The van der Waals surface area contributed by atoms with E-state index in [-0.39, 0.29) is 0 Å². The number of benzene rings is 2. The van der Waals surface area contributed by atoms with Gasteiger partial charge in [0.05, 0.1) is 11.8 Å². The summed E-state index contributed by atoms with van der Waals surface area (Å²) in [7, 11) is 3.80. The smallest absolute Gasteiger partial charge is 0.335 e. The van der Waals surface area contributed by atoms with Crippen molar-refractivity contribution in [2.75, 3.05) is 14.1 Å². The summed E-state index contributed by atoms with van der Waals surface area (Å²) in [4.78, 5) is 10.2. The van der Waals surface area contributed by atoms with Gasteiger partial charge < -0.3 is 10.1 Å². The molecule has 0 spiro atoms. The molecule has 0 aromatic heterocycles. The van der Waals surface area contributed by atoms with Crippen LogP contribution in [0.1, 0.15) is 15.9 Å². The lowest BCUT2D eigenvalue weighted by Crippen LogP contribution is -2.01. The van der Waals surface area contributed by atoms with Crippen LogP contribution in [0, 0.1) is 0 Å². The molecule has 1 N–H and O–H groups in total. The summed E-state index contributed by atoms with van der Waals surface area (Å²) in [6, 6.07) is 18.3. The zero-order valence-corrected chi connectivity index (χ0v) is 11.6. The first-order chi connectivity index (χ1) is 9.59. The minimum atomic E-state index is -0.879. The van der Waals surface area contributed by atoms with Gasteiger partial charge in [0.1, 0.15) is 0 Å². The van der Waals surface area contributed by atoms with Crippen LogP contribution in [0.3, 0.4) is 0 Å². The molecule has 0 radical (unpaired) electrons. The Bertz CT molecular complexity index is 537. The molecule has 0 bridgehead atoms. The topological polar surface area (TPSA) is 52.9 Å². The van der Waals surface area contributed by atoms with Gasteiger partial charge in [-0.1, -0.05) is 48.5 Å². The molecule has 2 rings (SSSR count). The van der Waals surface area contributed by atoms with E-state index in [2.05, 4.69) is 5.10 Å². The van der Waals surface area contributed by atoms with E-state index in [0.717, 1.165) is 5.56 Å². The molecule has 104 valence electrons. The second-order valence-electron chi connectivity index (χ2n) is 4.17. The van der Waals surface area contributed by atoms with Crippen molar-refractivity contribution in [3.8, 4) is 0 Å². The third-order valence-corrected chi connectivity index (χ3v) is 2.26. The predicted molar refractivity (Wildman–Crippen MR) is 81.1 cm³/mol. The number of rotatable bonds is 3. The van der Waals surface area contributed by atoms with Crippen molar-refractivity contribution >= 4 is 12.2 Å². The lowest BCUT2D eigenvalue weighted by molar-refractivity contribution is 0.0697. The van der Waals surface area contributed by atoms with Crippen LogP contribution in [0.2, 0.25) is 0 Å². The number of nitrogens with zero attached hydrogens (tertiary/aromatic N) is 2. The molecular formula is C16H18N2O2. The van der Waals surface area contributed by atoms with Gasteiger partial charge in [-0.2, -0.15) is 5.10 Å². The van der Waals surface area contributed by atoms with E-state index in [4.69, 9.17) is 5.11 Å². The summed E-state index contributed by atoms with van der Waals surface area (Å²) in [5, 5.41) is 14.3. The second kappa shape index (κ2) is 8.48. The third-order valence-electron chi connectivity index (χ3n) is 2.26. The van der Waals surface area contributed by atoms with Gasteiger partial charge in [-0.3, -0.25) is 0 Å². The average Bonchev–Trinajstić information content (AvgIpc) is 2.48. The molecule has 0 fully saturated rings. The Morgan fingerprint density at radius 3 is 1.90 bits per heavy atom. The maximum Gasteiger partial charge on any atom is 0.335 e. The van der Waals surface area contributed by atoms with Crippen molar-refractivity contribution in [3.63, 3.8) is 0 Å². The van der Waals surface area contributed by atoms with Gasteiger partial charge in [0.25, 0.3) is 0 Å². The lowest BCUT2D eigenvalue weighted by atomic mass is 10.2. The fourth-order valence-corrected chi connectivity index (χ4v) is 1.30. The van der Waals surface area contributed by atoms with E-state index in [0.29, 0.717) is 5.56 Å². The van der Waals surface area contributed by atoms with Gasteiger partial charge in [0.2, 0.25) is 0 Å². The molecule has 2 aromatic carbocycles. The van der Waals surface area contributed by atoms with E-state index in [1.807, 2.05) is 50.6 Å². The molecule has 4 nitrogen and oxygen atoms in total. The molecule has 0 saturated heterocycles. The van der Waals surface area contributed by atoms with Crippen LogP contribution in [0.25, 0.3) is 0 Å². The molecule has 0 saturated carbocycles. The summed E-state index contributed by atoms with van der Waals surface area (Å²) >= 11 is 0. The summed E-state index contributed by atoms with van der Waals surface area (Å²) in [6.07, 6.45) is 1.83. The summed E-state index contributed by atoms with van der Waals surface area (Å²) in [6.45, 7) is 0. The minimum absolute atomic E-state index is 0.331. The molecule has 20 heavy (non-hydrogen) atoms. The third kappa shape index (κ3) is 6.35.